The highest BCUT2D eigenvalue weighted by Crippen LogP contribution is 2.22. The van der Waals surface area contributed by atoms with E-state index >= 15 is 0 Å². The van der Waals surface area contributed by atoms with Crippen LogP contribution in [-0.2, 0) is 13.0 Å². The summed E-state index contributed by atoms with van der Waals surface area (Å²) in [5.74, 6) is -1.61. The summed E-state index contributed by atoms with van der Waals surface area (Å²) in [5.41, 5.74) is 1.39. The van der Waals surface area contributed by atoms with E-state index in [0.717, 1.165) is 24.2 Å². The molecule has 8 heteroatoms. The van der Waals surface area contributed by atoms with Gasteiger partial charge in [0.15, 0.2) is 0 Å². The van der Waals surface area contributed by atoms with Crippen molar-refractivity contribution in [2.24, 2.45) is 0 Å². The highest BCUT2D eigenvalue weighted by Gasteiger charge is 2.17. The van der Waals surface area contributed by atoms with E-state index in [0.29, 0.717) is 12.4 Å². The number of fused-ring (bicyclic) bond motifs is 1. The summed E-state index contributed by atoms with van der Waals surface area (Å²) in [7, 11) is 0. The normalized spacial score (nSPS) is 13.6. The number of aromatic carboxylic acids is 1. The van der Waals surface area contributed by atoms with Crippen molar-refractivity contribution in [3.63, 3.8) is 0 Å². The van der Waals surface area contributed by atoms with E-state index in [4.69, 9.17) is 5.11 Å². The van der Waals surface area contributed by atoms with Crippen molar-refractivity contribution in [3.8, 4) is 0 Å². The van der Waals surface area contributed by atoms with Crippen LogP contribution in [0.1, 0.15) is 21.6 Å². The first-order chi connectivity index (χ1) is 10.1. The standard InChI is InChI=1S/C13H12FN5O2/c14-11-8(13(20)21)1-2-10(18-11)19-12-7-3-4-15-5-9(7)16-6-17-12/h1-2,6,15H,3-5H2,(H,20,21)(H,16,17,18,19). The summed E-state index contributed by atoms with van der Waals surface area (Å²) in [6.07, 6.45) is 2.18. The second-order valence-electron chi connectivity index (χ2n) is 4.54. The zero-order chi connectivity index (χ0) is 14.8. The average Bonchev–Trinajstić information content (AvgIpc) is 2.47. The van der Waals surface area contributed by atoms with Crippen LogP contribution in [0.5, 0.6) is 0 Å². The molecule has 2 aromatic heterocycles. The maximum Gasteiger partial charge on any atom is 0.340 e. The van der Waals surface area contributed by atoms with Gasteiger partial charge in [0, 0.05) is 12.1 Å². The number of carboxylic acid groups (broad SMARTS) is 1. The average molecular weight is 289 g/mol. The molecule has 0 atom stereocenters. The number of pyridine rings is 1. The van der Waals surface area contributed by atoms with Crippen molar-refractivity contribution in [3.05, 3.63) is 41.2 Å². The number of halogens is 1. The molecule has 3 rings (SSSR count). The number of anilines is 2. The second-order valence-corrected chi connectivity index (χ2v) is 4.54. The second kappa shape index (κ2) is 5.41. The fourth-order valence-corrected chi connectivity index (χ4v) is 2.18. The number of nitrogens with zero attached hydrogens (tertiary/aromatic N) is 3. The minimum Gasteiger partial charge on any atom is -0.478 e. The zero-order valence-electron chi connectivity index (χ0n) is 10.9. The van der Waals surface area contributed by atoms with Crippen LogP contribution in [0.4, 0.5) is 16.0 Å². The van der Waals surface area contributed by atoms with Gasteiger partial charge in [0.25, 0.3) is 0 Å². The van der Waals surface area contributed by atoms with Crippen molar-refractivity contribution < 1.29 is 14.3 Å². The Morgan fingerprint density at radius 2 is 2.24 bits per heavy atom. The van der Waals surface area contributed by atoms with Gasteiger partial charge in [-0.2, -0.15) is 4.39 Å². The van der Waals surface area contributed by atoms with Crippen LogP contribution < -0.4 is 10.6 Å². The molecular weight excluding hydrogens is 277 g/mol. The summed E-state index contributed by atoms with van der Waals surface area (Å²) in [6, 6.07) is 2.57. The Morgan fingerprint density at radius 3 is 3.00 bits per heavy atom. The van der Waals surface area contributed by atoms with Gasteiger partial charge in [-0.05, 0) is 25.1 Å². The maximum absolute atomic E-state index is 13.6. The van der Waals surface area contributed by atoms with Crippen LogP contribution in [0.15, 0.2) is 18.5 Å². The molecule has 3 heterocycles. The predicted molar refractivity (Wildman–Crippen MR) is 71.9 cm³/mol. The lowest BCUT2D eigenvalue weighted by atomic mass is 10.1. The van der Waals surface area contributed by atoms with E-state index in [1.165, 1.54) is 18.5 Å². The van der Waals surface area contributed by atoms with Crippen molar-refractivity contribution in [2.45, 2.75) is 13.0 Å². The highest BCUT2D eigenvalue weighted by atomic mass is 19.1. The van der Waals surface area contributed by atoms with Crippen LogP contribution >= 0.6 is 0 Å². The Bertz CT molecular complexity index is 707. The molecule has 0 aromatic carbocycles. The Kier molecular flexibility index (Phi) is 3.44. The third kappa shape index (κ3) is 2.65. The van der Waals surface area contributed by atoms with Gasteiger partial charge in [0.1, 0.15) is 23.5 Å². The Morgan fingerprint density at radius 1 is 1.38 bits per heavy atom. The van der Waals surface area contributed by atoms with Gasteiger partial charge in [-0.15, -0.1) is 0 Å². The summed E-state index contributed by atoms with van der Waals surface area (Å²) < 4.78 is 13.6. The topological polar surface area (TPSA) is 100 Å². The molecule has 0 fully saturated rings. The van der Waals surface area contributed by atoms with Crippen LogP contribution in [0.25, 0.3) is 0 Å². The van der Waals surface area contributed by atoms with Crippen molar-refractivity contribution in [2.75, 3.05) is 11.9 Å². The van der Waals surface area contributed by atoms with E-state index < -0.39 is 17.5 Å². The molecule has 3 N–H and O–H groups in total. The number of rotatable bonds is 3. The van der Waals surface area contributed by atoms with E-state index in [1.54, 1.807) is 0 Å². The van der Waals surface area contributed by atoms with Gasteiger partial charge in [-0.3, -0.25) is 0 Å². The molecule has 0 spiro atoms. The fourth-order valence-electron chi connectivity index (χ4n) is 2.18. The minimum absolute atomic E-state index is 0.205. The molecule has 108 valence electrons. The van der Waals surface area contributed by atoms with Gasteiger partial charge in [-0.25, -0.2) is 19.7 Å². The van der Waals surface area contributed by atoms with Crippen molar-refractivity contribution in [1.29, 1.82) is 0 Å². The molecule has 0 unspecified atom stereocenters. The van der Waals surface area contributed by atoms with Crippen molar-refractivity contribution in [1.82, 2.24) is 20.3 Å². The largest absolute Gasteiger partial charge is 0.478 e. The number of nitrogens with one attached hydrogen (secondary N) is 2. The molecule has 0 saturated heterocycles. The SMILES string of the molecule is O=C(O)c1ccc(Nc2ncnc3c2CCNC3)nc1F. The predicted octanol–water partition coefficient (Wildman–Crippen LogP) is 1.10. The molecule has 0 amide bonds. The lowest BCUT2D eigenvalue weighted by Gasteiger charge is -2.18. The molecule has 0 radical (unpaired) electrons. The Balaban J connectivity index is 1.91. The van der Waals surface area contributed by atoms with E-state index in [-0.39, 0.29) is 5.82 Å². The third-order valence-electron chi connectivity index (χ3n) is 3.20. The lowest BCUT2D eigenvalue weighted by molar-refractivity contribution is 0.0691. The lowest BCUT2D eigenvalue weighted by Crippen LogP contribution is -2.25. The van der Waals surface area contributed by atoms with Crippen LogP contribution in [0.3, 0.4) is 0 Å². The number of hydrogen-bond donors (Lipinski definition) is 3. The molecule has 0 saturated carbocycles. The van der Waals surface area contributed by atoms with Crippen LogP contribution in [-0.4, -0.2) is 32.6 Å². The number of carboxylic acids is 1. The van der Waals surface area contributed by atoms with Gasteiger partial charge in [0.05, 0.1) is 5.69 Å². The van der Waals surface area contributed by atoms with Crippen LogP contribution in [0, 0.1) is 5.95 Å². The molecule has 1 aliphatic rings. The first kappa shape index (κ1) is 13.4. The van der Waals surface area contributed by atoms with Gasteiger partial charge in [-0.1, -0.05) is 0 Å². The Labute approximate surface area is 119 Å². The van der Waals surface area contributed by atoms with E-state index in [2.05, 4.69) is 25.6 Å². The van der Waals surface area contributed by atoms with Gasteiger partial charge < -0.3 is 15.7 Å². The summed E-state index contributed by atoms with van der Waals surface area (Å²) in [4.78, 5) is 22.7. The molecular formula is C13H12FN5O2. The molecule has 2 aromatic rings. The quantitative estimate of drug-likeness (QED) is 0.727. The first-order valence-corrected chi connectivity index (χ1v) is 6.35. The van der Waals surface area contributed by atoms with Gasteiger partial charge in [0.2, 0.25) is 5.95 Å². The molecule has 7 nitrogen and oxygen atoms in total. The number of hydrogen-bond acceptors (Lipinski definition) is 6. The zero-order valence-corrected chi connectivity index (χ0v) is 10.9. The van der Waals surface area contributed by atoms with Gasteiger partial charge >= 0.3 is 5.97 Å². The number of carbonyl (C=O) groups is 1. The minimum atomic E-state index is -1.35. The Hall–Kier alpha value is -2.61. The van der Waals surface area contributed by atoms with E-state index in [1.807, 2.05) is 0 Å². The molecule has 0 aliphatic carbocycles. The third-order valence-corrected chi connectivity index (χ3v) is 3.20. The molecule has 1 aliphatic heterocycles. The first-order valence-electron chi connectivity index (χ1n) is 6.35. The van der Waals surface area contributed by atoms with Crippen LogP contribution in [0.2, 0.25) is 0 Å². The van der Waals surface area contributed by atoms with E-state index in [9.17, 15) is 9.18 Å². The molecule has 0 bridgehead atoms. The summed E-state index contributed by atoms with van der Waals surface area (Å²) in [5, 5.41) is 14.9. The van der Waals surface area contributed by atoms with Crippen molar-refractivity contribution >= 4 is 17.6 Å². The fraction of sp³-hybridized carbons (Fsp3) is 0.231. The monoisotopic (exact) mass is 289 g/mol. The smallest absolute Gasteiger partial charge is 0.340 e. The maximum atomic E-state index is 13.6. The highest BCUT2D eigenvalue weighted by molar-refractivity contribution is 5.87. The summed E-state index contributed by atoms with van der Waals surface area (Å²) in [6.45, 7) is 1.47. The summed E-state index contributed by atoms with van der Waals surface area (Å²) >= 11 is 0. The number of aromatic nitrogens is 3. The molecule has 21 heavy (non-hydrogen) atoms.